The third-order valence-corrected chi connectivity index (χ3v) is 2.91. The van der Waals surface area contributed by atoms with E-state index in [0.29, 0.717) is 6.54 Å². The fourth-order valence-electron chi connectivity index (χ4n) is 1.71. The third kappa shape index (κ3) is 2.36. The molecule has 1 aromatic rings. The van der Waals surface area contributed by atoms with Crippen LogP contribution in [-0.4, -0.2) is 22.6 Å². The van der Waals surface area contributed by atoms with E-state index in [4.69, 9.17) is 4.84 Å². The van der Waals surface area contributed by atoms with E-state index >= 15 is 0 Å². The highest BCUT2D eigenvalue weighted by Crippen LogP contribution is 2.20. The van der Waals surface area contributed by atoms with Gasteiger partial charge < -0.3 is 0 Å². The molecule has 0 unspecified atom stereocenters. The molecule has 1 aromatic carbocycles. The van der Waals surface area contributed by atoms with E-state index in [1.807, 2.05) is 31.2 Å². The first-order valence-corrected chi connectivity index (χ1v) is 5.77. The number of aryl methyl sites for hydroxylation is 1. The summed E-state index contributed by atoms with van der Waals surface area (Å²) in [5.41, 5.74) is 1.03. The third-order valence-electron chi connectivity index (χ3n) is 2.91. The van der Waals surface area contributed by atoms with Crippen molar-refractivity contribution in [3.8, 4) is 0 Å². The van der Waals surface area contributed by atoms with Crippen LogP contribution >= 0.6 is 0 Å². The Morgan fingerprint density at radius 1 is 1.28 bits per heavy atom. The minimum Gasteiger partial charge on any atom is -0.274 e. The number of hydrogen-bond donors (Lipinski definition) is 1. The van der Waals surface area contributed by atoms with Gasteiger partial charge in [-0.15, -0.1) is 0 Å². The Bertz CT molecular complexity index is 497. The van der Waals surface area contributed by atoms with Gasteiger partial charge in [-0.05, 0) is 31.9 Å². The van der Waals surface area contributed by atoms with Crippen molar-refractivity contribution in [2.45, 2.75) is 32.9 Å². The van der Waals surface area contributed by atoms with Crippen LogP contribution in [0.4, 0.5) is 4.79 Å². The molecule has 3 amide bonds. The molecule has 1 saturated heterocycles. The summed E-state index contributed by atoms with van der Waals surface area (Å²) in [6.07, 6.45) is 0. The SMILES string of the molecule is Cc1ccccc1CN1OC(C)(C)C(=O)NC1=O. The van der Waals surface area contributed by atoms with Gasteiger partial charge >= 0.3 is 6.03 Å². The molecule has 2 rings (SSSR count). The molecule has 1 fully saturated rings. The highest BCUT2D eigenvalue weighted by Gasteiger charge is 2.40. The number of amides is 3. The van der Waals surface area contributed by atoms with Crippen LogP contribution in [0.5, 0.6) is 0 Å². The van der Waals surface area contributed by atoms with Crippen molar-refractivity contribution < 1.29 is 14.4 Å². The standard InChI is InChI=1S/C13H16N2O3/c1-9-6-4-5-7-10(9)8-15-12(17)14-11(16)13(2,3)18-15/h4-7H,8H2,1-3H3,(H,14,16,17). The maximum Gasteiger partial charge on any atom is 0.348 e. The van der Waals surface area contributed by atoms with Crippen LogP contribution in [0.25, 0.3) is 0 Å². The lowest BCUT2D eigenvalue weighted by atomic mass is 10.1. The van der Waals surface area contributed by atoms with Crippen molar-refractivity contribution >= 4 is 11.9 Å². The number of urea groups is 1. The number of hydrogen-bond acceptors (Lipinski definition) is 3. The number of carbonyl (C=O) groups is 2. The van der Waals surface area contributed by atoms with E-state index < -0.39 is 17.5 Å². The van der Waals surface area contributed by atoms with E-state index in [1.54, 1.807) is 13.8 Å². The van der Waals surface area contributed by atoms with Crippen molar-refractivity contribution in [2.24, 2.45) is 0 Å². The number of hydroxylamine groups is 2. The van der Waals surface area contributed by atoms with Crippen LogP contribution in [0.3, 0.4) is 0 Å². The molecule has 0 bridgehead atoms. The van der Waals surface area contributed by atoms with Gasteiger partial charge in [0.1, 0.15) is 0 Å². The van der Waals surface area contributed by atoms with Gasteiger partial charge in [-0.1, -0.05) is 24.3 Å². The van der Waals surface area contributed by atoms with Crippen LogP contribution < -0.4 is 5.32 Å². The molecule has 5 nitrogen and oxygen atoms in total. The molecule has 0 atom stereocenters. The second-order valence-electron chi connectivity index (χ2n) is 4.82. The lowest BCUT2D eigenvalue weighted by Crippen LogP contribution is -2.59. The maximum absolute atomic E-state index is 11.7. The average Bonchev–Trinajstić information content (AvgIpc) is 2.29. The summed E-state index contributed by atoms with van der Waals surface area (Å²) < 4.78 is 0. The zero-order chi connectivity index (χ0) is 13.3. The van der Waals surface area contributed by atoms with Crippen LogP contribution in [0.2, 0.25) is 0 Å². The van der Waals surface area contributed by atoms with Crippen molar-refractivity contribution in [1.29, 1.82) is 0 Å². The molecule has 96 valence electrons. The van der Waals surface area contributed by atoms with Gasteiger partial charge in [-0.25, -0.2) is 4.79 Å². The summed E-state index contributed by atoms with van der Waals surface area (Å²) in [6, 6.07) is 7.20. The van der Waals surface area contributed by atoms with E-state index in [0.717, 1.165) is 11.1 Å². The first-order valence-electron chi connectivity index (χ1n) is 5.77. The summed E-state index contributed by atoms with van der Waals surface area (Å²) in [4.78, 5) is 28.6. The second-order valence-corrected chi connectivity index (χ2v) is 4.82. The molecule has 5 heteroatoms. The van der Waals surface area contributed by atoms with E-state index in [-0.39, 0.29) is 0 Å². The molecule has 0 aromatic heterocycles. The molecule has 18 heavy (non-hydrogen) atoms. The Morgan fingerprint density at radius 2 is 1.94 bits per heavy atom. The summed E-state index contributed by atoms with van der Waals surface area (Å²) in [5, 5.41) is 3.47. The highest BCUT2D eigenvalue weighted by molar-refractivity contribution is 5.99. The zero-order valence-corrected chi connectivity index (χ0v) is 10.7. The molecule has 1 aliphatic rings. The van der Waals surface area contributed by atoms with Crippen molar-refractivity contribution in [1.82, 2.24) is 10.4 Å². The smallest absolute Gasteiger partial charge is 0.274 e. The van der Waals surface area contributed by atoms with Crippen LogP contribution in [0.1, 0.15) is 25.0 Å². The first kappa shape index (κ1) is 12.6. The topological polar surface area (TPSA) is 58.6 Å². The lowest BCUT2D eigenvalue weighted by Gasteiger charge is -2.36. The number of rotatable bonds is 2. The molecular formula is C13H16N2O3. The molecule has 0 saturated carbocycles. The minimum atomic E-state index is -1.03. The number of nitrogens with zero attached hydrogens (tertiary/aromatic N) is 1. The van der Waals surface area contributed by atoms with Crippen molar-refractivity contribution in [2.75, 3.05) is 0 Å². The van der Waals surface area contributed by atoms with Crippen LogP contribution in [0, 0.1) is 6.92 Å². The fourth-order valence-corrected chi connectivity index (χ4v) is 1.71. The molecule has 1 N–H and O–H groups in total. The summed E-state index contributed by atoms with van der Waals surface area (Å²) in [7, 11) is 0. The van der Waals surface area contributed by atoms with Gasteiger partial charge in [0.05, 0.1) is 6.54 Å². The van der Waals surface area contributed by atoms with E-state index in [9.17, 15) is 9.59 Å². The Morgan fingerprint density at radius 3 is 2.61 bits per heavy atom. The second kappa shape index (κ2) is 4.42. The van der Waals surface area contributed by atoms with Gasteiger partial charge in [0, 0.05) is 0 Å². The fraction of sp³-hybridized carbons (Fsp3) is 0.385. The van der Waals surface area contributed by atoms with Gasteiger partial charge in [-0.3, -0.25) is 14.9 Å². The number of imide groups is 1. The van der Waals surface area contributed by atoms with E-state index in [2.05, 4.69) is 5.32 Å². The average molecular weight is 248 g/mol. The monoisotopic (exact) mass is 248 g/mol. The first-order chi connectivity index (χ1) is 8.40. The molecule has 0 aliphatic carbocycles. The van der Waals surface area contributed by atoms with Gasteiger partial charge in [0.25, 0.3) is 5.91 Å². The quantitative estimate of drug-likeness (QED) is 0.867. The number of nitrogens with one attached hydrogen (secondary N) is 1. The predicted octanol–water partition coefficient (Wildman–Crippen LogP) is 1.76. The van der Waals surface area contributed by atoms with Gasteiger partial charge in [-0.2, -0.15) is 5.06 Å². The zero-order valence-electron chi connectivity index (χ0n) is 10.7. The predicted molar refractivity (Wildman–Crippen MR) is 65.4 cm³/mol. The van der Waals surface area contributed by atoms with Crippen molar-refractivity contribution in [3.63, 3.8) is 0 Å². The summed E-state index contributed by atoms with van der Waals surface area (Å²) in [5.74, 6) is -0.423. The highest BCUT2D eigenvalue weighted by atomic mass is 16.7. The van der Waals surface area contributed by atoms with Crippen LogP contribution in [0.15, 0.2) is 24.3 Å². The maximum atomic E-state index is 11.7. The van der Waals surface area contributed by atoms with Crippen LogP contribution in [-0.2, 0) is 16.2 Å². The molecule has 0 spiro atoms. The summed E-state index contributed by atoms with van der Waals surface area (Å²) >= 11 is 0. The number of carbonyl (C=O) groups excluding carboxylic acids is 2. The molecular weight excluding hydrogens is 232 g/mol. The van der Waals surface area contributed by atoms with E-state index in [1.165, 1.54) is 5.06 Å². The van der Waals surface area contributed by atoms with Gasteiger partial charge in [0.15, 0.2) is 5.60 Å². The lowest BCUT2D eigenvalue weighted by molar-refractivity contribution is -0.219. The molecule has 1 aliphatic heterocycles. The largest absolute Gasteiger partial charge is 0.348 e. The number of benzene rings is 1. The Hall–Kier alpha value is -1.88. The Balaban J connectivity index is 2.17. The minimum absolute atomic E-state index is 0.315. The summed E-state index contributed by atoms with van der Waals surface area (Å²) in [6.45, 7) is 5.53. The van der Waals surface area contributed by atoms with Crippen molar-refractivity contribution in [3.05, 3.63) is 35.4 Å². The Labute approximate surface area is 106 Å². The molecule has 0 radical (unpaired) electrons. The molecule has 1 heterocycles. The van der Waals surface area contributed by atoms with Gasteiger partial charge in [0.2, 0.25) is 0 Å². The normalized spacial score (nSPS) is 18.7. The Kier molecular flexibility index (Phi) is 3.09.